The number of carboxylic acids is 2. The second-order valence-electron chi connectivity index (χ2n) is 21.5. The van der Waals surface area contributed by atoms with Crippen molar-refractivity contribution in [1.29, 1.82) is 0 Å². The summed E-state index contributed by atoms with van der Waals surface area (Å²) in [6, 6.07) is 13.6. The number of nitrogens with one attached hydrogen (secondary N) is 9. The first-order chi connectivity index (χ1) is 39.1. The maximum absolute atomic E-state index is 14.5. The van der Waals surface area contributed by atoms with E-state index >= 15 is 0 Å². The largest absolute Gasteiger partial charge is 0.508 e. The highest BCUT2D eigenvalue weighted by Crippen LogP contribution is 2.28. The Morgan fingerprint density at radius 2 is 1.04 bits per heavy atom. The summed E-state index contributed by atoms with van der Waals surface area (Å²) in [7, 11) is 0. The number of aliphatic carboxylic acids is 2. The quantitative estimate of drug-likeness (QED) is 0.0363. The number of carbonyl (C=O) groups excluding carboxylic acids is 10. The first-order valence-corrected chi connectivity index (χ1v) is 27.4. The molecule has 25 heteroatoms. The van der Waals surface area contributed by atoms with Gasteiger partial charge < -0.3 is 68.9 Å². The molecule has 0 fully saturated rings. The average molecular weight is 1160 g/mol. The molecule has 0 aliphatic rings. The number of hydrogen-bond acceptors (Lipinski definition) is 13. The highest BCUT2D eigenvalue weighted by atomic mass is 16.4. The summed E-state index contributed by atoms with van der Waals surface area (Å²) in [6.45, 7) is 10.4. The standard InChI is InChI=1S/C58H80N10O15/c1-33(2)28-42(66-56(81)49(35(5)6)68-46(72)31-61-51(76)37-16-10-8-11-17-37)55(80)63-40(20-14-15-27-60-44(70)30-58(7,57(82)83)38-18-12-9-13-19-38)53(78)64-41(25-26-47(73)74)54(79)65-43(29-36-21-23-39(69)24-22-36)52(77)62-32-45(71)67-48(34(3)4)50(59)75/h8-13,16-19,21-24,33-35,40-43,48-49,69H,14-15,20,25-32H2,1-7H3,(H2,59,75)(H,60,70)(H,61,76)(H,62,77)(H,63,80)(H,64,78)(H,65,79)(H,66,81)(H,67,71)(H,68,72)(H,73,74)(H,82,83)/t40-,41-,42-,43-,48-,49-,58?/m0/s1. The van der Waals surface area contributed by atoms with Gasteiger partial charge in [-0.05, 0) is 92.2 Å². The molecule has 3 aromatic rings. The van der Waals surface area contributed by atoms with Crippen molar-refractivity contribution in [1.82, 2.24) is 47.9 Å². The van der Waals surface area contributed by atoms with Crippen LogP contribution in [0.3, 0.4) is 0 Å². The molecule has 83 heavy (non-hydrogen) atoms. The maximum atomic E-state index is 14.5. The van der Waals surface area contributed by atoms with E-state index in [-0.39, 0.29) is 50.3 Å². The van der Waals surface area contributed by atoms with Crippen LogP contribution in [0.2, 0.25) is 0 Å². The van der Waals surface area contributed by atoms with E-state index in [9.17, 15) is 72.9 Å². The van der Waals surface area contributed by atoms with E-state index in [2.05, 4.69) is 47.9 Å². The van der Waals surface area contributed by atoms with Gasteiger partial charge in [-0.2, -0.15) is 0 Å². The van der Waals surface area contributed by atoms with Gasteiger partial charge >= 0.3 is 11.9 Å². The molecule has 14 N–H and O–H groups in total. The van der Waals surface area contributed by atoms with Gasteiger partial charge in [0, 0.05) is 31.4 Å². The minimum Gasteiger partial charge on any atom is -0.508 e. The molecular formula is C58H80N10O15. The third kappa shape index (κ3) is 23.6. The van der Waals surface area contributed by atoms with E-state index in [1.165, 1.54) is 31.2 Å². The van der Waals surface area contributed by atoms with Gasteiger partial charge in [-0.1, -0.05) is 102 Å². The number of benzene rings is 3. The molecule has 1 unspecified atom stereocenters. The normalized spacial score (nSPS) is 14.0. The van der Waals surface area contributed by atoms with E-state index in [1.54, 1.807) is 102 Å². The number of amides is 10. The zero-order valence-electron chi connectivity index (χ0n) is 47.9. The summed E-state index contributed by atoms with van der Waals surface area (Å²) in [4.78, 5) is 159. The van der Waals surface area contributed by atoms with E-state index in [4.69, 9.17) is 5.73 Å². The summed E-state index contributed by atoms with van der Waals surface area (Å²) < 4.78 is 0. The molecule has 10 amide bonds. The Morgan fingerprint density at radius 3 is 1.57 bits per heavy atom. The van der Waals surface area contributed by atoms with Gasteiger partial charge in [-0.3, -0.25) is 57.5 Å². The van der Waals surface area contributed by atoms with E-state index < -0.39 is 157 Å². The van der Waals surface area contributed by atoms with Crippen molar-refractivity contribution >= 4 is 71.0 Å². The Hall–Kier alpha value is -8.90. The van der Waals surface area contributed by atoms with Gasteiger partial charge in [0.05, 0.1) is 18.5 Å². The van der Waals surface area contributed by atoms with Gasteiger partial charge in [-0.15, -0.1) is 0 Å². The summed E-state index contributed by atoms with van der Waals surface area (Å²) in [5.74, 6) is -11.9. The Kier molecular flexibility index (Phi) is 27.8. The van der Waals surface area contributed by atoms with E-state index in [0.717, 1.165) is 0 Å². The molecule has 0 aliphatic heterocycles. The number of phenols is 1. The molecule has 3 aromatic carbocycles. The second-order valence-corrected chi connectivity index (χ2v) is 21.5. The number of phenolic OH excluding ortho intramolecular Hbond substituents is 1. The Labute approximate surface area is 482 Å². The molecule has 0 heterocycles. The predicted octanol–water partition coefficient (Wildman–Crippen LogP) is 0.817. The molecule has 0 saturated carbocycles. The van der Waals surface area contributed by atoms with Crippen molar-refractivity contribution in [2.75, 3.05) is 19.6 Å². The second kappa shape index (κ2) is 33.8. The molecule has 0 bridgehead atoms. The lowest BCUT2D eigenvalue weighted by Gasteiger charge is -2.28. The minimum absolute atomic E-state index is 0.00484. The van der Waals surface area contributed by atoms with Gasteiger partial charge in [-0.25, -0.2) is 0 Å². The SMILES string of the molecule is CC(C)C[C@H](NC(=O)[C@@H](NC(=O)CNC(=O)c1ccccc1)C(C)C)C(=O)N[C@@H](CCCCNC(=O)CC(C)(C(=O)O)c1ccccc1)C(=O)N[C@@H](CCC(=O)O)C(=O)N[C@@H](Cc1ccc(O)cc1)C(=O)NCC(=O)N[C@H](C(N)=O)C(C)C. The fourth-order valence-corrected chi connectivity index (χ4v) is 8.55. The van der Waals surface area contributed by atoms with Crippen LogP contribution in [-0.4, -0.2) is 142 Å². The van der Waals surface area contributed by atoms with Crippen LogP contribution in [-0.2, 0) is 64.6 Å². The number of unbranched alkanes of at least 4 members (excludes halogenated alkanes) is 1. The maximum Gasteiger partial charge on any atom is 0.314 e. The van der Waals surface area contributed by atoms with Crippen molar-refractivity contribution in [2.24, 2.45) is 23.5 Å². The number of aromatic hydroxyl groups is 1. The van der Waals surface area contributed by atoms with Crippen molar-refractivity contribution in [3.63, 3.8) is 0 Å². The molecule has 7 atom stereocenters. The molecule has 0 saturated heterocycles. The van der Waals surface area contributed by atoms with Gasteiger partial charge in [0.1, 0.15) is 42.0 Å². The van der Waals surface area contributed by atoms with Crippen LogP contribution in [0.4, 0.5) is 0 Å². The van der Waals surface area contributed by atoms with Crippen LogP contribution < -0.4 is 53.6 Å². The Bertz CT molecular complexity index is 2730. The highest BCUT2D eigenvalue weighted by molar-refractivity contribution is 5.99. The number of rotatable bonds is 35. The first kappa shape index (κ1) is 68.4. The molecule has 0 aromatic heterocycles. The Morgan fingerprint density at radius 1 is 0.530 bits per heavy atom. The first-order valence-electron chi connectivity index (χ1n) is 27.4. The average Bonchev–Trinajstić information content (AvgIpc) is 3.49. The number of carbonyl (C=O) groups is 12. The monoisotopic (exact) mass is 1160 g/mol. The molecular weight excluding hydrogens is 1080 g/mol. The van der Waals surface area contributed by atoms with Crippen molar-refractivity contribution in [2.45, 2.75) is 141 Å². The van der Waals surface area contributed by atoms with E-state index in [0.29, 0.717) is 16.7 Å². The highest BCUT2D eigenvalue weighted by Gasteiger charge is 2.38. The Balaban J connectivity index is 1.93. The minimum atomic E-state index is -1.69. The van der Waals surface area contributed by atoms with Gasteiger partial charge in [0.15, 0.2) is 0 Å². The number of primary amides is 1. The smallest absolute Gasteiger partial charge is 0.314 e. The molecule has 0 aliphatic carbocycles. The summed E-state index contributed by atoms with van der Waals surface area (Å²) >= 11 is 0. The fraction of sp³-hybridized carbons (Fsp3) is 0.483. The van der Waals surface area contributed by atoms with Crippen LogP contribution >= 0.6 is 0 Å². The zero-order chi connectivity index (χ0) is 62.0. The summed E-state index contributed by atoms with van der Waals surface area (Å²) in [5, 5.41) is 52.7. The third-order valence-corrected chi connectivity index (χ3v) is 13.3. The van der Waals surface area contributed by atoms with Crippen LogP contribution in [0.5, 0.6) is 5.75 Å². The topological polar surface area (TPSA) is 400 Å². The molecule has 0 radical (unpaired) electrons. The lowest BCUT2D eigenvalue weighted by Crippen LogP contribution is -2.60. The lowest BCUT2D eigenvalue weighted by atomic mass is 9.79. The molecule has 452 valence electrons. The van der Waals surface area contributed by atoms with Crippen molar-refractivity contribution in [3.05, 3.63) is 102 Å². The zero-order valence-corrected chi connectivity index (χ0v) is 47.9. The summed E-state index contributed by atoms with van der Waals surface area (Å²) in [6.07, 6.45) is -1.77. The molecule has 25 nitrogen and oxygen atoms in total. The molecule has 0 spiro atoms. The van der Waals surface area contributed by atoms with Crippen LogP contribution in [0.1, 0.15) is 115 Å². The number of carboxylic acid groups (broad SMARTS) is 2. The third-order valence-electron chi connectivity index (χ3n) is 13.3. The number of nitrogens with two attached hydrogens (primary N) is 1. The predicted molar refractivity (Wildman–Crippen MR) is 303 cm³/mol. The van der Waals surface area contributed by atoms with E-state index in [1.807, 2.05) is 0 Å². The van der Waals surface area contributed by atoms with Crippen LogP contribution in [0, 0.1) is 17.8 Å². The van der Waals surface area contributed by atoms with Gasteiger partial charge in [0.2, 0.25) is 53.2 Å². The van der Waals surface area contributed by atoms with Crippen molar-refractivity contribution in [3.8, 4) is 5.75 Å². The summed E-state index contributed by atoms with van der Waals surface area (Å²) in [5.41, 5.74) is 4.98. The lowest BCUT2D eigenvalue weighted by molar-refractivity contribution is -0.145. The van der Waals surface area contributed by atoms with Crippen LogP contribution in [0.25, 0.3) is 0 Å². The van der Waals surface area contributed by atoms with Gasteiger partial charge in [0.25, 0.3) is 5.91 Å². The fourth-order valence-electron chi connectivity index (χ4n) is 8.55. The van der Waals surface area contributed by atoms with Crippen molar-refractivity contribution < 1.29 is 72.9 Å². The number of hydrogen-bond donors (Lipinski definition) is 13. The van der Waals surface area contributed by atoms with Crippen LogP contribution in [0.15, 0.2) is 84.9 Å². The molecule has 3 rings (SSSR count).